The van der Waals surface area contributed by atoms with Crippen LogP contribution >= 0.6 is 0 Å². The summed E-state index contributed by atoms with van der Waals surface area (Å²) in [5, 5.41) is 10.3. The summed E-state index contributed by atoms with van der Waals surface area (Å²) in [5.74, 6) is 0.178. The molecule has 1 saturated heterocycles. The number of likely N-dealkylation sites (tertiary alicyclic amines) is 1. The Morgan fingerprint density at radius 3 is 2.38 bits per heavy atom. The Morgan fingerprint density at radius 2 is 2.08 bits per heavy atom. The Morgan fingerprint density at radius 1 is 1.54 bits per heavy atom. The molecule has 3 N–H and O–H groups in total. The molecule has 1 heterocycles. The van der Waals surface area contributed by atoms with Crippen LogP contribution in [0.15, 0.2) is 0 Å². The number of β-amino-alcohol motifs (C(OH)–C–C–N with tert-alkyl or cyclic N) is 1. The zero-order chi connectivity index (χ0) is 10.3. The summed E-state index contributed by atoms with van der Waals surface area (Å²) in [7, 11) is 2.06. The lowest BCUT2D eigenvalue weighted by Crippen LogP contribution is -2.42. The molecule has 1 aliphatic heterocycles. The zero-order valence-corrected chi connectivity index (χ0v) is 9.17. The largest absolute Gasteiger partial charge is 0.388 e. The van der Waals surface area contributed by atoms with Gasteiger partial charge in [-0.15, -0.1) is 0 Å². The normalized spacial score (nSPS) is 36.5. The van der Waals surface area contributed by atoms with Crippen molar-refractivity contribution in [3.8, 4) is 0 Å². The molecule has 2 unspecified atom stereocenters. The Bertz CT molecular complexity index is 193. The second-order valence-electron chi connectivity index (χ2n) is 5.09. The molecule has 0 spiro atoms. The maximum absolute atomic E-state index is 10.3. The van der Waals surface area contributed by atoms with Crippen LogP contribution < -0.4 is 5.73 Å². The van der Waals surface area contributed by atoms with Crippen molar-refractivity contribution < 1.29 is 5.11 Å². The van der Waals surface area contributed by atoms with Crippen molar-refractivity contribution >= 4 is 0 Å². The molecule has 0 bridgehead atoms. The monoisotopic (exact) mass is 186 g/mol. The van der Waals surface area contributed by atoms with Crippen molar-refractivity contribution in [2.45, 2.75) is 38.3 Å². The van der Waals surface area contributed by atoms with Gasteiger partial charge in [0.25, 0.3) is 0 Å². The van der Waals surface area contributed by atoms with Gasteiger partial charge in [0.2, 0.25) is 0 Å². The molecule has 0 aromatic rings. The minimum absolute atomic E-state index is 0.0954. The summed E-state index contributed by atoms with van der Waals surface area (Å²) in [6.07, 6.45) is 0.814. The third-order valence-corrected chi connectivity index (χ3v) is 3.55. The van der Waals surface area contributed by atoms with Crippen molar-refractivity contribution in [3.63, 3.8) is 0 Å². The molecular weight excluding hydrogens is 164 g/mol. The summed E-state index contributed by atoms with van der Waals surface area (Å²) >= 11 is 0. The second-order valence-corrected chi connectivity index (χ2v) is 5.09. The van der Waals surface area contributed by atoms with E-state index in [9.17, 15) is 5.11 Å². The Hall–Kier alpha value is -0.120. The smallest absolute Gasteiger partial charge is 0.0828 e. The molecule has 1 fully saturated rings. The average Bonchev–Trinajstić information content (AvgIpc) is 2.21. The number of likely N-dealkylation sites (N-methyl/N-ethyl adjacent to an activating group) is 1. The van der Waals surface area contributed by atoms with E-state index in [0.717, 1.165) is 13.0 Å². The van der Waals surface area contributed by atoms with Crippen LogP contribution in [0.3, 0.4) is 0 Å². The Labute approximate surface area is 80.9 Å². The molecule has 1 aliphatic rings. The summed E-state index contributed by atoms with van der Waals surface area (Å²) < 4.78 is 0. The van der Waals surface area contributed by atoms with E-state index in [2.05, 4.69) is 25.8 Å². The molecule has 3 heteroatoms. The van der Waals surface area contributed by atoms with Gasteiger partial charge in [0.05, 0.1) is 5.60 Å². The number of aliphatic hydroxyl groups is 1. The molecule has 0 radical (unpaired) electrons. The van der Waals surface area contributed by atoms with E-state index in [-0.39, 0.29) is 11.5 Å². The summed E-state index contributed by atoms with van der Waals surface area (Å²) in [6.45, 7) is 7.64. The number of hydrogen-bond acceptors (Lipinski definition) is 3. The Balaban J connectivity index is 2.76. The van der Waals surface area contributed by atoms with E-state index >= 15 is 0 Å². The van der Waals surface area contributed by atoms with Crippen LogP contribution in [-0.4, -0.2) is 41.3 Å². The van der Waals surface area contributed by atoms with Gasteiger partial charge in [-0.05, 0) is 39.8 Å². The lowest BCUT2D eigenvalue weighted by Gasteiger charge is -2.29. The van der Waals surface area contributed by atoms with Gasteiger partial charge < -0.3 is 10.8 Å². The molecule has 0 aromatic carbocycles. The van der Waals surface area contributed by atoms with Gasteiger partial charge in [-0.3, -0.25) is 4.90 Å². The van der Waals surface area contributed by atoms with Crippen LogP contribution in [0.4, 0.5) is 0 Å². The average molecular weight is 186 g/mol. The number of nitrogens with two attached hydrogens (primary N) is 1. The van der Waals surface area contributed by atoms with Crippen LogP contribution in [0.5, 0.6) is 0 Å². The molecule has 78 valence electrons. The van der Waals surface area contributed by atoms with E-state index < -0.39 is 5.60 Å². The van der Waals surface area contributed by atoms with Gasteiger partial charge >= 0.3 is 0 Å². The lowest BCUT2D eigenvalue weighted by molar-refractivity contribution is 0.00200. The van der Waals surface area contributed by atoms with Gasteiger partial charge in [0.1, 0.15) is 0 Å². The molecule has 1 rings (SSSR count). The van der Waals surface area contributed by atoms with E-state index in [1.54, 1.807) is 0 Å². The standard InChI is InChI=1S/C10H22N2O/c1-8(5-11)10(13)6-9(2,3)12(4)7-10/h8,13H,5-7,11H2,1-4H3. The number of hydrogen-bond donors (Lipinski definition) is 2. The van der Waals surface area contributed by atoms with Crippen LogP contribution in [0.25, 0.3) is 0 Å². The van der Waals surface area contributed by atoms with Gasteiger partial charge in [0, 0.05) is 12.1 Å². The lowest BCUT2D eigenvalue weighted by atomic mass is 9.83. The molecule has 13 heavy (non-hydrogen) atoms. The highest BCUT2D eigenvalue weighted by atomic mass is 16.3. The Kier molecular flexibility index (Phi) is 2.72. The van der Waals surface area contributed by atoms with Gasteiger partial charge in [-0.1, -0.05) is 6.92 Å². The predicted octanol–water partition coefficient (Wildman–Crippen LogP) is 0.426. The summed E-state index contributed by atoms with van der Waals surface area (Å²) in [5.41, 5.74) is 5.10. The molecule has 0 aliphatic carbocycles. The van der Waals surface area contributed by atoms with Gasteiger partial charge in [-0.2, -0.15) is 0 Å². The van der Waals surface area contributed by atoms with Crippen molar-refractivity contribution in [1.82, 2.24) is 4.90 Å². The van der Waals surface area contributed by atoms with Crippen molar-refractivity contribution in [3.05, 3.63) is 0 Å². The van der Waals surface area contributed by atoms with Crippen LogP contribution in [-0.2, 0) is 0 Å². The SMILES string of the molecule is CC(CN)C1(O)CN(C)C(C)(C)C1. The first-order valence-corrected chi connectivity index (χ1v) is 4.95. The molecule has 0 saturated carbocycles. The van der Waals surface area contributed by atoms with Gasteiger partial charge in [-0.25, -0.2) is 0 Å². The second kappa shape index (κ2) is 3.23. The number of nitrogens with zero attached hydrogens (tertiary/aromatic N) is 1. The third kappa shape index (κ3) is 1.87. The first kappa shape index (κ1) is 11.0. The zero-order valence-electron chi connectivity index (χ0n) is 9.17. The number of rotatable bonds is 2. The summed E-state index contributed by atoms with van der Waals surface area (Å²) in [4.78, 5) is 2.21. The topological polar surface area (TPSA) is 49.5 Å². The summed E-state index contributed by atoms with van der Waals surface area (Å²) in [6, 6.07) is 0. The van der Waals surface area contributed by atoms with E-state index in [0.29, 0.717) is 6.54 Å². The maximum Gasteiger partial charge on any atom is 0.0828 e. The maximum atomic E-state index is 10.3. The quantitative estimate of drug-likeness (QED) is 0.657. The van der Waals surface area contributed by atoms with Crippen LogP contribution in [0.1, 0.15) is 27.2 Å². The fourth-order valence-corrected chi connectivity index (χ4v) is 2.11. The van der Waals surface area contributed by atoms with Crippen LogP contribution in [0.2, 0.25) is 0 Å². The molecular formula is C10H22N2O. The van der Waals surface area contributed by atoms with Crippen LogP contribution in [0, 0.1) is 5.92 Å². The van der Waals surface area contributed by atoms with E-state index in [4.69, 9.17) is 5.73 Å². The molecule has 0 amide bonds. The minimum atomic E-state index is -0.590. The molecule has 3 nitrogen and oxygen atoms in total. The first-order valence-electron chi connectivity index (χ1n) is 4.95. The molecule has 2 atom stereocenters. The fourth-order valence-electron chi connectivity index (χ4n) is 2.11. The first-order chi connectivity index (χ1) is 5.82. The minimum Gasteiger partial charge on any atom is -0.388 e. The van der Waals surface area contributed by atoms with Gasteiger partial charge in [0.15, 0.2) is 0 Å². The third-order valence-electron chi connectivity index (χ3n) is 3.55. The highest BCUT2D eigenvalue weighted by Gasteiger charge is 2.47. The molecule has 0 aromatic heterocycles. The van der Waals surface area contributed by atoms with Crippen molar-refractivity contribution in [1.29, 1.82) is 0 Å². The highest BCUT2D eigenvalue weighted by molar-refractivity contribution is 5.03. The van der Waals surface area contributed by atoms with Crippen molar-refractivity contribution in [2.24, 2.45) is 11.7 Å². The van der Waals surface area contributed by atoms with Crippen molar-refractivity contribution in [2.75, 3.05) is 20.1 Å². The predicted molar refractivity (Wildman–Crippen MR) is 54.5 cm³/mol. The van der Waals surface area contributed by atoms with E-state index in [1.165, 1.54) is 0 Å². The highest BCUT2D eigenvalue weighted by Crippen LogP contribution is 2.38. The fraction of sp³-hybridized carbons (Fsp3) is 1.00. The van der Waals surface area contributed by atoms with E-state index in [1.807, 2.05) is 6.92 Å².